The normalized spacial score (nSPS) is 15.5. The van der Waals surface area contributed by atoms with Crippen molar-refractivity contribution in [2.75, 3.05) is 25.1 Å². The van der Waals surface area contributed by atoms with Crippen molar-refractivity contribution >= 4 is 11.6 Å². The third-order valence-electron chi connectivity index (χ3n) is 5.65. The summed E-state index contributed by atoms with van der Waals surface area (Å²) in [7, 11) is 1.69. The molecule has 1 aliphatic rings. The number of methoxy groups -OCH3 is 1. The van der Waals surface area contributed by atoms with Crippen LogP contribution in [0.5, 0.6) is 5.75 Å². The van der Waals surface area contributed by atoms with Crippen LogP contribution in [0, 0.1) is 12.8 Å². The zero-order valence-corrected chi connectivity index (χ0v) is 18.2. The Hall–Kier alpha value is -2.33. The Labute approximate surface area is 175 Å². The van der Waals surface area contributed by atoms with Gasteiger partial charge in [-0.05, 0) is 55.5 Å². The number of hydrogen-bond donors (Lipinski definition) is 0. The van der Waals surface area contributed by atoms with Crippen LogP contribution in [0.1, 0.15) is 44.2 Å². The van der Waals surface area contributed by atoms with Gasteiger partial charge in [-0.15, -0.1) is 0 Å². The van der Waals surface area contributed by atoms with E-state index in [1.807, 2.05) is 12.1 Å². The summed E-state index contributed by atoms with van der Waals surface area (Å²) in [6, 6.07) is 17.0. The molecular weight excluding hydrogens is 360 g/mol. The van der Waals surface area contributed by atoms with Gasteiger partial charge in [-0.2, -0.15) is 0 Å². The number of nitrogens with zero attached hydrogens (tertiary/aromatic N) is 2. The summed E-state index contributed by atoms with van der Waals surface area (Å²) in [5.74, 6) is 1.51. The highest BCUT2D eigenvalue weighted by molar-refractivity contribution is 5.94. The van der Waals surface area contributed by atoms with E-state index in [0.29, 0.717) is 12.3 Å². The molecule has 1 saturated heterocycles. The highest BCUT2D eigenvalue weighted by Gasteiger charge is 2.29. The first-order valence-electron chi connectivity index (χ1n) is 10.7. The van der Waals surface area contributed by atoms with Gasteiger partial charge in [-0.3, -0.25) is 9.69 Å². The van der Waals surface area contributed by atoms with Gasteiger partial charge in [0.05, 0.1) is 7.11 Å². The lowest BCUT2D eigenvalue weighted by Gasteiger charge is -2.39. The second-order valence-electron chi connectivity index (χ2n) is 8.55. The predicted molar refractivity (Wildman–Crippen MR) is 119 cm³/mol. The number of aryl methyl sites for hydroxylation is 1. The van der Waals surface area contributed by atoms with E-state index in [9.17, 15) is 4.79 Å². The summed E-state index contributed by atoms with van der Waals surface area (Å²) < 4.78 is 5.25. The van der Waals surface area contributed by atoms with Gasteiger partial charge in [-0.25, -0.2) is 0 Å². The van der Waals surface area contributed by atoms with Gasteiger partial charge < -0.3 is 9.64 Å². The van der Waals surface area contributed by atoms with E-state index >= 15 is 0 Å². The van der Waals surface area contributed by atoms with Gasteiger partial charge in [0.1, 0.15) is 5.75 Å². The van der Waals surface area contributed by atoms with Crippen molar-refractivity contribution in [3.8, 4) is 5.75 Å². The number of hydrogen-bond acceptors (Lipinski definition) is 3. The maximum atomic E-state index is 13.1. The van der Waals surface area contributed by atoms with Gasteiger partial charge in [-0.1, -0.05) is 43.7 Å². The fourth-order valence-corrected chi connectivity index (χ4v) is 4.04. The standard InChI is InChI=1S/C25H34N2O2/c1-19(2)17-25(28)27(22-9-5-20(3)6-10-22)23-13-15-26(16-14-23)18-21-7-11-24(29-4)12-8-21/h5-12,19,23H,13-18H2,1-4H3. The molecule has 2 aromatic carbocycles. The summed E-state index contributed by atoms with van der Waals surface area (Å²) in [5, 5.41) is 0. The largest absolute Gasteiger partial charge is 0.497 e. The summed E-state index contributed by atoms with van der Waals surface area (Å²) in [6.45, 7) is 9.27. The topological polar surface area (TPSA) is 32.8 Å². The Morgan fingerprint density at radius 2 is 1.69 bits per heavy atom. The molecule has 0 aliphatic carbocycles. The van der Waals surface area contributed by atoms with Crippen molar-refractivity contribution in [3.05, 3.63) is 59.7 Å². The zero-order valence-electron chi connectivity index (χ0n) is 18.2. The van der Waals surface area contributed by atoms with E-state index in [2.05, 4.69) is 67.0 Å². The van der Waals surface area contributed by atoms with Crippen molar-refractivity contribution in [1.29, 1.82) is 0 Å². The SMILES string of the molecule is COc1ccc(CN2CCC(N(C(=O)CC(C)C)c3ccc(C)cc3)CC2)cc1. The first-order chi connectivity index (χ1) is 14.0. The average molecular weight is 395 g/mol. The lowest BCUT2D eigenvalue weighted by molar-refractivity contribution is -0.120. The monoisotopic (exact) mass is 394 g/mol. The molecule has 0 atom stereocenters. The van der Waals surface area contributed by atoms with E-state index in [-0.39, 0.29) is 11.9 Å². The Balaban J connectivity index is 1.65. The number of benzene rings is 2. The molecular formula is C25H34N2O2. The van der Waals surface area contributed by atoms with Crippen LogP contribution in [-0.2, 0) is 11.3 Å². The lowest BCUT2D eigenvalue weighted by Crippen LogP contribution is -2.47. The van der Waals surface area contributed by atoms with Gasteiger partial charge in [0, 0.05) is 37.8 Å². The van der Waals surface area contributed by atoms with Crippen molar-refractivity contribution in [3.63, 3.8) is 0 Å². The Morgan fingerprint density at radius 3 is 2.24 bits per heavy atom. The van der Waals surface area contributed by atoms with Crippen LogP contribution >= 0.6 is 0 Å². The van der Waals surface area contributed by atoms with Gasteiger partial charge >= 0.3 is 0 Å². The maximum Gasteiger partial charge on any atom is 0.227 e. The van der Waals surface area contributed by atoms with Crippen LogP contribution < -0.4 is 9.64 Å². The summed E-state index contributed by atoms with van der Waals surface area (Å²) in [4.78, 5) is 17.6. The number of likely N-dealkylation sites (tertiary alicyclic amines) is 1. The Bertz CT molecular complexity index is 775. The van der Waals surface area contributed by atoms with Crippen molar-refractivity contribution < 1.29 is 9.53 Å². The van der Waals surface area contributed by atoms with Crippen LogP contribution in [0.3, 0.4) is 0 Å². The first-order valence-corrected chi connectivity index (χ1v) is 10.7. The van der Waals surface area contributed by atoms with Crippen LogP contribution in [0.4, 0.5) is 5.69 Å². The number of ether oxygens (including phenoxy) is 1. The molecule has 1 heterocycles. The average Bonchev–Trinajstić information content (AvgIpc) is 2.71. The van der Waals surface area contributed by atoms with E-state index in [1.165, 1.54) is 11.1 Å². The Kier molecular flexibility index (Phi) is 7.32. The molecule has 0 saturated carbocycles. The molecule has 4 nitrogen and oxygen atoms in total. The third kappa shape index (κ3) is 5.83. The number of piperidine rings is 1. The quantitative estimate of drug-likeness (QED) is 0.659. The number of anilines is 1. The van der Waals surface area contributed by atoms with Crippen LogP contribution in [0.25, 0.3) is 0 Å². The molecule has 3 rings (SSSR count). The first kappa shape index (κ1) is 21.4. The van der Waals surface area contributed by atoms with Gasteiger partial charge in [0.15, 0.2) is 0 Å². The molecule has 0 aromatic heterocycles. The molecule has 0 bridgehead atoms. The summed E-state index contributed by atoms with van der Waals surface area (Å²) in [5.41, 5.74) is 3.56. The fraction of sp³-hybridized carbons (Fsp3) is 0.480. The molecule has 1 fully saturated rings. The Morgan fingerprint density at radius 1 is 1.07 bits per heavy atom. The number of amides is 1. The third-order valence-corrected chi connectivity index (χ3v) is 5.65. The number of carbonyl (C=O) groups excluding carboxylic acids is 1. The molecule has 0 radical (unpaired) electrons. The molecule has 1 amide bonds. The highest BCUT2D eigenvalue weighted by Crippen LogP contribution is 2.27. The van der Waals surface area contributed by atoms with Gasteiger partial charge in [0.2, 0.25) is 5.91 Å². The van der Waals surface area contributed by atoms with Crippen molar-refractivity contribution in [1.82, 2.24) is 4.90 Å². The lowest BCUT2D eigenvalue weighted by atomic mass is 9.99. The molecule has 29 heavy (non-hydrogen) atoms. The molecule has 0 spiro atoms. The molecule has 2 aromatic rings. The molecule has 1 aliphatic heterocycles. The minimum absolute atomic E-state index is 0.248. The number of carbonyl (C=O) groups is 1. The van der Waals surface area contributed by atoms with Crippen LogP contribution in [0.2, 0.25) is 0 Å². The zero-order chi connectivity index (χ0) is 20.8. The molecule has 156 valence electrons. The van der Waals surface area contributed by atoms with E-state index < -0.39 is 0 Å². The maximum absolute atomic E-state index is 13.1. The molecule has 0 unspecified atom stereocenters. The second kappa shape index (κ2) is 9.93. The highest BCUT2D eigenvalue weighted by atomic mass is 16.5. The van der Waals surface area contributed by atoms with Crippen LogP contribution in [-0.4, -0.2) is 37.0 Å². The predicted octanol–water partition coefficient (Wildman–Crippen LogP) is 5.05. The van der Waals surface area contributed by atoms with E-state index in [1.54, 1.807) is 7.11 Å². The summed E-state index contributed by atoms with van der Waals surface area (Å²) in [6.07, 6.45) is 2.61. The van der Waals surface area contributed by atoms with E-state index in [4.69, 9.17) is 4.74 Å². The molecule has 4 heteroatoms. The second-order valence-corrected chi connectivity index (χ2v) is 8.55. The smallest absolute Gasteiger partial charge is 0.227 e. The number of rotatable bonds is 7. The van der Waals surface area contributed by atoms with Crippen molar-refractivity contribution in [2.24, 2.45) is 5.92 Å². The minimum atomic E-state index is 0.248. The summed E-state index contributed by atoms with van der Waals surface area (Å²) >= 11 is 0. The van der Waals surface area contributed by atoms with E-state index in [0.717, 1.165) is 43.9 Å². The van der Waals surface area contributed by atoms with Gasteiger partial charge in [0.25, 0.3) is 0 Å². The minimum Gasteiger partial charge on any atom is -0.497 e. The molecule has 0 N–H and O–H groups in total. The van der Waals surface area contributed by atoms with Crippen molar-refractivity contribution in [2.45, 2.75) is 52.6 Å². The fourth-order valence-electron chi connectivity index (χ4n) is 4.04. The van der Waals surface area contributed by atoms with Crippen LogP contribution in [0.15, 0.2) is 48.5 Å².